The van der Waals surface area contributed by atoms with E-state index in [4.69, 9.17) is 10.2 Å². The maximum absolute atomic E-state index is 9.16. The van der Waals surface area contributed by atoms with Crippen molar-refractivity contribution in [1.82, 2.24) is 5.32 Å². The molecule has 0 heterocycles. The lowest BCUT2D eigenvalue weighted by molar-refractivity contribution is 0.102. The first-order chi connectivity index (χ1) is 7.68. The number of rotatable bonds is 5. The van der Waals surface area contributed by atoms with Crippen LogP contribution in [0.2, 0.25) is 0 Å². The molecule has 1 aromatic rings. The first-order valence-corrected chi connectivity index (χ1v) is 5.73. The maximum atomic E-state index is 9.16. The summed E-state index contributed by atoms with van der Waals surface area (Å²) in [5, 5.41) is 21.6. The van der Waals surface area contributed by atoms with Gasteiger partial charge < -0.3 is 15.5 Å². The van der Waals surface area contributed by atoms with Gasteiger partial charge >= 0.3 is 0 Å². The Morgan fingerprint density at radius 1 is 1.31 bits per heavy atom. The Kier molecular flexibility index (Phi) is 3.28. The van der Waals surface area contributed by atoms with E-state index in [0.717, 1.165) is 13.0 Å². The smallest absolute Gasteiger partial charge is 0.0633 e. The fourth-order valence-corrected chi connectivity index (χ4v) is 2.08. The monoisotopic (exact) mass is 221 g/mol. The third-order valence-electron chi connectivity index (χ3n) is 3.43. The summed E-state index contributed by atoms with van der Waals surface area (Å²) in [5.41, 5.74) is 2.25. The average molecular weight is 221 g/mol. The van der Waals surface area contributed by atoms with Crippen molar-refractivity contribution in [3.8, 4) is 0 Å². The molecule has 0 aliphatic heterocycles. The van der Waals surface area contributed by atoms with Crippen LogP contribution in [0.3, 0.4) is 0 Å². The van der Waals surface area contributed by atoms with Gasteiger partial charge in [0.25, 0.3) is 0 Å². The van der Waals surface area contributed by atoms with Gasteiger partial charge in [0.2, 0.25) is 0 Å². The van der Waals surface area contributed by atoms with Crippen molar-refractivity contribution < 1.29 is 10.2 Å². The van der Waals surface area contributed by atoms with E-state index in [-0.39, 0.29) is 13.2 Å². The number of benzene rings is 1. The van der Waals surface area contributed by atoms with Crippen LogP contribution in [0.4, 0.5) is 0 Å². The van der Waals surface area contributed by atoms with Crippen molar-refractivity contribution in [2.24, 2.45) is 0 Å². The second-order valence-electron chi connectivity index (χ2n) is 4.86. The van der Waals surface area contributed by atoms with Crippen LogP contribution in [0.1, 0.15) is 24.0 Å². The Labute approximate surface area is 96.1 Å². The minimum atomic E-state index is -0.565. The molecule has 1 aliphatic rings. The standard InChI is InChI=1S/C13H19NO2/c1-13(8-15,9-16)14-7-11-6-10-4-2-3-5-12(10)11/h2-5,11,14-16H,6-9H2,1H3. The number of aliphatic hydroxyl groups is 2. The molecule has 0 fully saturated rings. The van der Waals surface area contributed by atoms with E-state index >= 15 is 0 Å². The Bertz CT molecular complexity index is 361. The Balaban J connectivity index is 1.90. The van der Waals surface area contributed by atoms with Crippen molar-refractivity contribution >= 4 is 0 Å². The fourth-order valence-electron chi connectivity index (χ4n) is 2.08. The van der Waals surface area contributed by atoms with E-state index in [0.29, 0.717) is 5.92 Å². The summed E-state index contributed by atoms with van der Waals surface area (Å²) in [6.07, 6.45) is 1.09. The van der Waals surface area contributed by atoms with E-state index in [2.05, 4.69) is 29.6 Å². The van der Waals surface area contributed by atoms with Gasteiger partial charge in [0.15, 0.2) is 0 Å². The molecule has 3 N–H and O–H groups in total. The van der Waals surface area contributed by atoms with Gasteiger partial charge in [0.1, 0.15) is 0 Å². The van der Waals surface area contributed by atoms with E-state index in [9.17, 15) is 0 Å². The maximum Gasteiger partial charge on any atom is 0.0633 e. The van der Waals surface area contributed by atoms with Gasteiger partial charge in [-0.2, -0.15) is 0 Å². The summed E-state index contributed by atoms with van der Waals surface area (Å²) in [7, 11) is 0. The minimum absolute atomic E-state index is 0.0438. The number of hydrogen-bond acceptors (Lipinski definition) is 3. The lowest BCUT2D eigenvalue weighted by Gasteiger charge is -2.34. The molecule has 16 heavy (non-hydrogen) atoms. The summed E-state index contributed by atoms with van der Waals surface area (Å²) in [5.74, 6) is 0.522. The van der Waals surface area contributed by atoms with Crippen LogP contribution >= 0.6 is 0 Å². The molecule has 1 aliphatic carbocycles. The topological polar surface area (TPSA) is 52.5 Å². The summed E-state index contributed by atoms with van der Waals surface area (Å²) < 4.78 is 0. The highest BCUT2D eigenvalue weighted by atomic mass is 16.3. The van der Waals surface area contributed by atoms with E-state index < -0.39 is 5.54 Å². The van der Waals surface area contributed by atoms with Crippen molar-refractivity contribution in [2.45, 2.75) is 24.8 Å². The summed E-state index contributed by atoms with van der Waals surface area (Å²) in [6, 6.07) is 8.43. The van der Waals surface area contributed by atoms with Crippen molar-refractivity contribution in [2.75, 3.05) is 19.8 Å². The molecule has 0 bridgehead atoms. The highest BCUT2D eigenvalue weighted by Gasteiger charge is 2.28. The van der Waals surface area contributed by atoms with Gasteiger partial charge in [-0.3, -0.25) is 0 Å². The first-order valence-electron chi connectivity index (χ1n) is 5.73. The van der Waals surface area contributed by atoms with Gasteiger partial charge in [-0.05, 0) is 24.5 Å². The normalized spacial score (nSPS) is 19.1. The predicted octanol–water partition coefficient (Wildman–Crippen LogP) is 0.659. The quantitative estimate of drug-likeness (QED) is 0.684. The molecule has 0 saturated heterocycles. The molecular weight excluding hydrogens is 202 g/mol. The third kappa shape index (κ3) is 2.12. The molecule has 0 radical (unpaired) electrons. The van der Waals surface area contributed by atoms with Gasteiger partial charge in [0.05, 0.1) is 18.8 Å². The summed E-state index contributed by atoms with van der Waals surface area (Å²) >= 11 is 0. The van der Waals surface area contributed by atoms with Crippen LogP contribution in [-0.4, -0.2) is 35.5 Å². The molecule has 1 atom stereocenters. The van der Waals surface area contributed by atoms with Crippen molar-refractivity contribution in [3.05, 3.63) is 35.4 Å². The van der Waals surface area contributed by atoms with Crippen LogP contribution < -0.4 is 5.32 Å². The lowest BCUT2D eigenvalue weighted by Crippen LogP contribution is -2.51. The van der Waals surface area contributed by atoms with E-state index in [1.165, 1.54) is 11.1 Å². The Morgan fingerprint density at radius 2 is 2.00 bits per heavy atom. The largest absolute Gasteiger partial charge is 0.394 e. The number of fused-ring (bicyclic) bond motifs is 1. The molecule has 0 spiro atoms. The van der Waals surface area contributed by atoms with Crippen LogP contribution in [0.25, 0.3) is 0 Å². The zero-order valence-electron chi connectivity index (χ0n) is 9.61. The van der Waals surface area contributed by atoms with Gasteiger partial charge in [-0.15, -0.1) is 0 Å². The molecule has 1 aromatic carbocycles. The highest BCUT2D eigenvalue weighted by molar-refractivity contribution is 5.40. The predicted molar refractivity (Wildman–Crippen MR) is 63.5 cm³/mol. The van der Waals surface area contributed by atoms with Crippen molar-refractivity contribution in [1.29, 1.82) is 0 Å². The average Bonchev–Trinajstić information content (AvgIpc) is 2.30. The highest BCUT2D eigenvalue weighted by Crippen LogP contribution is 2.34. The molecular formula is C13H19NO2. The zero-order chi connectivity index (χ0) is 11.6. The molecule has 0 amide bonds. The number of hydrogen-bond donors (Lipinski definition) is 3. The minimum Gasteiger partial charge on any atom is -0.394 e. The van der Waals surface area contributed by atoms with Gasteiger partial charge in [0, 0.05) is 12.5 Å². The van der Waals surface area contributed by atoms with Crippen LogP contribution in [0, 0.1) is 0 Å². The molecule has 1 unspecified atom stereocenters. The molecule has 0 saturated carbocycles. The van der Waals surface area contributed by atoms with Gasteiger partial charge in [-0.25, -0.2) is 0 Å². The summed E-state index contributed by atoms with van der Waals surface area (Å²) in [4.78, 5) is 0. The first kappa shape index (κ1) is 11.6. The van der Waals surface area contributed by atoms with Crippen LogP contribution in [0.5, 0.6) is 0 Å². The Hall–Kier alpha value is -0.900. The van der Waals surface area contributed by atoms with Crippen LogP contribution in [0.15, 0.2) is 24.3 Å². The number of aliphatic hydroxyl groups excluding tert-OH is 2. The number of nitrogens with one attached hydrogen (secondary N) is 1. The summed E-state index contributed by atoms with van der Waals surface area (Å²) in [6.45, 7) is 2.56. The molecule has 2 rings (SSSR count). The second kappa shape index (κ2) is 4.53. The SMILES string of the molecule is CC(CO)(CO)NCC1Cc2ccccc21. The van der Waals surface area contributed by atoms with E-state index in [1.807, 2.05) is 6.92 Å². The molecule has 0 aromatic heterocycles. The van der Waals surface area contributed by atoms with Gasteiger partial charge in [-0.1, -0.05) is 24.3 Å². The molecule has 88 valence electrons. The van der Waals surface area contributed by atoms with Crippen LogP contribution in [-0.2, 0) is 6.42 Å². The van der Waals surface area contributed by atoms with E-state index in [1.54, 1.807) is 0 Å². The lowest BCUT2D eigenvalue weighted by atomic mass is 9.77. The Morgan fingerprint density at radius 3 is 2.62 bits per heavy atom. The molecule has 3 nitrogen and oxygen atoms in total. The zero-order valence-corrected chi connectivity index (χ0v) is 9.61. The third-order valence-corrected chi connectivity index (χ3v) is 3.43. The second-order valence-corrected chi connectivity index (χ2v) is 4.86. The fraction of sp³-hybridized carbons (Fsp3) is 0.538. The van der Waals surface area contributed by atoms with Crippen molar-refractivity contribution in [3.63, 3.8) is 0 Å². The molecule has 3 heteroatoms.